The Morgan fingerprint density at radius 1 is 1.04 bits per heavy atom. The van der Waals surface area contributed by atoms with Crippen molar-refractivity contribution in [1.29, 1.82) is 0 Å². The minimum Gasteiger partial charge on any atom is -0.508 e. The minimum atomic E-state index is -0.378. The summed E-state index contributed by atoms with van der Waals surface area (Å²) in [5.74, 6) is -0.492. The van der Waals surface area contributed by atoms with Crippen LogP contribution in [0.25, 0.3) is 6.08 Å². The standard InChI is InChI=1S/C22H26N2O4/c1-3-24(4-2)15-16-28-22(27)18-8-10-19(11-9-18)23-21(26)14-7-17-5-12-20(25)13-6-17/h5-14,25H,3-4,15-16H2,1-2H3,(H,23,26)/b14-7+. The molecule has 0 spiro atoms. The van der Waals surface area contributed by atoms with E-state index in [1.165, 1.54) is 6.08 Å². The third kappa shape index (κ3) is 6.89. The minimum absolute atomic E-state index is 0.174. The molecule has 2 rings (SSSR count). The fraction of sp³-hybridized carbons (Fsp3) is 0.273. The SMILES string of the molecule is CCN(CC)CCOC(=O)c1ccc(NC(=O)/C=C/c2ccc(O)cc2)cc1. The predicted octanol–water partition coefficient (Wildman–Crippen LogP) is 3.54. The largest absolute Gasteiger partial charge is 0.508 e. The molecule has 6 nitrogen and oxygen atoms in total. The highest BCUT2D eigenvalue weighted by Gasteiger charge is 2.08. The Balaban J connectivity index is 1.83. The summed E-state index contributed by atoms with van der Waals surface area (Å²) in [6.45, 7) is 7.03. The van der Waals surface area contributed by atoms with Crippen molar-refractivity contribution < 1.29 is 19.4 Å². The molecule has 0 bridgehead atoms. The number of anilines is 1. The van der Waals surface area contributed by atoms with Crippen molar-refractivity contribution in [3.63, 3.8) is 0 Å². The van der Waals surface area contributed by atoms with Crippen molar-refractivity contribution in [2.45, 2.75) is 13.8 Å². The molecule has 0 aliphatic heterocycles. The topological polar surface area (TPSA) is 78.9 Å². The number of esters is 1. The molecule has 0 saturated heterocycles. The second-order valence-corrected chi connectivity index (χ2v) is 6.15. The molecule has 2 N–H and O–H groups in total. The number of nitrogens with one attached hydrogen (secondary N) is 1. The summed E-state index contributed by atoms with van der Waals surface area (Å²) in [6.07, 6.45) is 3.05. The van der Waals surface area contributed by atoms with E-state index in [1.807, 2.05) is 0 Å². The van der Waals surface area contributed by atoms with Gasteiger partial charge in [-0.2, -0.15) is 0 Å². The molecule has 1 amide bonds. The molecular weight excluding hydrogens is 356 g/mol. The number of carbonyl (C=O) groups is 2. The molecule has 0 unspecified atom stereocenters. The number of amides is 1. The van der Waals surface area contributed by atoms with Crippen molar-refractivity contribution in [2.24, 2.45) is 0 Å². The van der Waals surface area contributed by atoms with Gasteiger partial charge in [-0.15, -0.1) is 0 Å². The fourth-order valence-electron chi connectivity index (χ4n) is 2.52. The summed E-state index contributed by atoms with van der Waals surface area (Å²) >= 11 is 0. The molecule has 0 aliphatic rings. The molecule has 0 heterocycles. The lowest BCUT2D eigenvalue weighted by molar-refractivity contribution is -0.111. The molecule has 0 aromatic heterocycles. The molecule has 2 aromatic carbocycles. The molecule has 148 valence electrons. The zero-order valence-corrected chi connectivity index (χ0v) is 16.2. The van der Waals surface area contributed by atoms with Crippen LogP contribution in [0.4, 0.5) is 5.69 Å². The second kappa shape index (κ2) is 10.9. The number of aromatic hydroxyl groups is 1. The molecule has 0 atom stereocenters. The van der Waals surface area contributed by atoms with Gasteiger partial charge in [-0.3, -0.25) is 4.79 Å². The lowest BCUT2D eigenvalue weighted by Gasteiger charge is -2.17. The van der Waals surface area contributed by atoms with Crippen LogP contribution >= 0.6 is 0 Å². The number of phenols is 1. The van der Waals surface area contributed by atoms with Crippen LogP contribution in [0.5, 0.6) is 5.75 Å². The number of benzene rings is 2. The smallest absolute Gasteiger partial charge is 0.338 e. The third-order valence-corrected chi connectivity index (χ3v) is 4.24. The summed E-state index contributed by atoms with van der Waals surface area (Å²) in [5.41, 5.74) is 1.83. The maximum Gasteiger partial charge on any atom is 0.338 e. The molecular formula is C22H26N2O4. The summed E-state index contributed by atoms with van der Waals surface area (Å²) in [6, 6.07) is 13.1. The highest BCUT2D eigenvalue weighted by atomic mass is 16.5. The van der Waals surface area contributed by atoms with Gasteiger partial charge in [0, 0.05) is 18.3 Å². The van der Waals surface area contributed by atoms with Gasteiger partial charge < -0.3 is 20.1 Å². The third-order valence-electron chi connectivity index (χ3n) is 4.24. The van der Waals surface area contributed by atoms with Gasteiger partial charge in [-0.1, -0.05) is 26.0 Å². The van der Waals surface area contributed by atoms with E-state index in [2.05, 4.69) is 24.1 Å². The molecule has 0 aliphatic carbocycles. The molecule has 6 heteroatoms. The zero-order valence-electron chi connectivity index (χ0n) is 16.2. The number of carbonyl (C=O) groups excluding carboxylic acids is 2. The van der Waals surface area contributed by atoms with Crippen LogP contribution in [0.3, 0.4) is 0 Å². The van der Waals surface area contributed by atoms with E-state index in [0.717, 1.165) is 18.7 Å². The Labute approximate surface area is 165 Å². The van der Waals surface area contributed by atoms with E-state index in [-0.39, 0.29) is 17.6 Å². The molecule has 2 aromatic rings. The number of hydrogen-bond donors (Lipinski definition) is 2. The quantitative estimate of drug-likeness (QED) is 0.512. The van der Waals surface area contributed by atoms with E-state index < -0.39 is 0 Å². The maximum atomic E-state index is 12.1. The van der Waals surface area contributed by atoms with Crippen molar-refractivity contribution in [1.82, 2.24) is 4.90 Å². The first-order valence-electron chi connectivity index (χ1n) is 9.29. The van der Waals surface area contributed by atoms with Gasteiger partial charge in [-0.25, -0.2) is 4.79 Å². The maximum absolute atomic E-state index is 12.1. The van der Waals surface area contributed by atoms with E-state index in [1.54, 1.807) is 54.6 Å². The van der Waals surface area contributed by atoms with Crippen LogP contribution in [0.1, 0.15) is 29.8 Å². The van der Waals surface area contributed by atoms with Crippen molar-refractivity contribution in [3.8, 4) is 5.75 Å². The number of rotatable bonds is 9. The van der Waals surface area contributed by atoms with E-state index in [9.17, 15) is 14.7 Å². The van der Waals surface area contributed by atoms with Gasteiger partial charge in [0.2, 0.25) is 5.91 Å². The monoisotopic (exact) mass is 382 g/mol. The first kappa shape index (κ1) is 21.2. The van der Waals surface area contributed by atoms with Crippen molar-refractivity contribution >= 4 is 23.6 Å². The lowest BCUT2D eigenvalue weighted by atomic mass is 10.2. The number of ether oxygens (including phenoxy) is 1. The van der Waals surface area contributed by atoms with Crippen molar-refractivity contribution in [3.05, 3.63) is 65.7 Å². The summed E-state index contributed by atoms with van der Waals surface area (Å²) in [4.78, 5) is 26.2. The predicted molar refractivity (Wildman–Crippen MR) is 110 cm³/mol. The highest BCUT2D eigenvalue weighted by molar-refractivity contribution is 6.02. The van der Waals surface area contributed by atoms with Crippen LogP contribution in [0.15, 0.2) is 54.6 Å². The first-order chi connectivity index (χ1) is 13.5. The molecule has 28 heavy (non-hydrogen) atoms. The van der Waals surface area contributed by atoms with Crippen LogP contribution in [0, 0.1) is 0 Å². The van der Waals surface area contributed by atoms with Gasteiger partial charge in [0.1, 0.15) is 12.4 Å². The van der Waals surface area contributed by atoms with Gasteiger partial charge in [0.05, 0.1) is 5.56 Å². The van der Waals surface area contributed by atoms with Crippen molar-refractivity contribution in [2.75, 3.05) is 31.6 Å². The Morgan fingerprint density at radius 3 is 2.29 bits per heavy atom. The first-order valence-corrected chi connectivity index (χ1v) is 9.29. The Bertz CT molecular complexity index is 794. The molecule has 0 saturated carbocycles. The fourth-order valence-corrected chi connectivity index (χ4v) is 2.52. The second-order valence-electron chi connectivity index (χ2n) is 6.15. The number of phenolic OH excluding ortho intramolecular Hbond substituents is 1. The average molecular weight is 382 g/mol. The Hall–Kier alpha value is -3.12. The Kier molecular flexibility index (Phi) is 8.24. The number of likely N-dealkylation sites (N-methyl/N-ethyl adjacent to an activating group) is 1. The normalized spacial score (nSPS) is 11.0. The summed E-state index contributed by atoms with van der Waals surface area (Å²) in [5, 5.41) is 12.0. The van der Waals surface area contributed by atoms with E-state index in [4.69, 9.17) is 4.74 Å². The van der Waals surface area contributed by atoms with Gasteiger partial charge in [0.25, 0.3) is 0 Å². The highest BCUT2D eigenvalue weighted by Crippen LogP contribution is 2.13. The van der Waals surface area contributed by atoms with Crippen LogP contribution in [-0.2, 0) is 9.53 Å². The number of nitrogens with zero attached hydrogens (tertiary/aromatic N) is 1. The van der Waals surface area contributed by atoms with Crippen LogP contribution in [-0.4, -0.2) is 48.1 Å². The lowest BCUT2D eigenvalue weighted by Crippen LogP contribution is -2.27. The van der Waals surface area contributed by atoms with Gasteiger partial charge in [-0.05, 0) is 61.1 Å². The van der Waals surface area contributed by atoms with E-state index in [0.29, 0.717) is 24.4 Å². The zero-order chi connectivity index (χ0) is 20.4. The molecule has 0 fully saturated rings. The Morgan fingerprint density at radius 2 is 1.68 bits per heavy atom. The van der Waals surface area contributed by atoms with Crippen LogP contribution < -0.4 is 5.32 Å². The average Bonchev–Trinajstić information content (AvgIpc) is 2.71. The van der Waals surface area contributed by atoms with Gasteiger partial charge >= 0.3 is 5.97 Å². The number of hydrogen-bond acceptors (Lipinski definition) is 5. The van der Waals surface area contributed by atoms with E-state index >= 15 is 0 Å². The summed E-state index contributed by atoms with van der Waals surface area (Å²) < 4.78 is 5.28. The van der Waals surface area contributed by atoms with Gasteiger partial charge in [0.15, 0.2) is 0 Å². The summed E-state index contributed by atoms with van der Waals surface area (Å²) in [7, 11) is 0. The molecule has 0 radical (unpaired) electrons. The van der Waals surface area contributed by atoms with Crippen LogP contribution in [0.2, 0.25) is 0 Å².